The lowest BCUT2D eigenvalue weighted by atomic mass is 9.96. The summed E-state index contributed by atoms with van der Waals surface area (Å²) in [6.07, 6.45) is 5.54. The number of piperazine rings is 1. The maximum Gasteiger partial charge on any atom is 0.321 e. The number of ether oxygens (including phenoxy) is 1. The lowest BCUT2D eigenvalue weighted by Gasteiger charge is -2.38. The molecule has 2 fully saturated rings. The van der Waals surface area contributed by atoms with Crippen molar-refractivity contribution in [3.05, 3.63) is 24.3 Å². The van der Waals surface area contributed by atoms with Crippen molar-refractivity contribution in [2.45, 2.75) is 51.1 Å². The summed E-state index contributed by atoms with van der Waals surface area (Å²) in [4.78, 5) is 29.0. The van der Waals surface area contributed by atoms with Crippen LogP contribution in [0.5, 0.6) is 5.75 Å². The highest BCUT2D eigenvalue weighted by atomic mass is 16.5. The minimum Gasteiger partial charge on any atom is -0.497 e. The van der Waals surface area contributed by atoms with Crippen LogP contribution in [0.3, 0.4) is 0 Å². The molecule has 0 unspecified atom stereocenters. The van der Waals surface area contributed by atoms with Gasteiger partial charge in [0.25, 0.3) is 0 Å². The molecule has 7 nitrogen and oxygen atoms in total. The van der Waals surface area contributed by atoms with Gasteiger partial charge in [-0.25, -0.2) is 4.79 Å². The van der Waals surface area contributed by atoms with Gasteiger partial charge in [-0.05, 0) is 44.0 Å². The van der Waals surface area contributed by atoms with E-state index in [1.54, 1.807) is 7.11 Å². The summed E-state index contributed by atoms with van der Waals surface area (Å²) in [5.74, 6) is 0.616. The summed E-state index contributed by atoms with van der Waals surface area (Å²) in [7, 11) is 1.66. The second kappa shape index (κ2) is 9.78. The smallest absolute Gasteiger partial charge is 0.321 e. The fourth-order valence-corrected chi connectivity index (χ4v) is 4.01. The number of urea groups is 1. The molecule has 0 spiro atoms. The zero-order valence-corrected chi connectivity index (χ0v) is 16.9. The van der Waals surface area contributed by atoms with E-state index in [4.69, 9.17) is 4.74 Å². The quantitative estimate of drug-likeness (QED) is 0.810. The molecular formula is C21H32N4O3. The highest BCUT2D eigenvalue weighted by Gasteiger charge is 2.27. The van der Waals surface area contributed by atoms with Crippen molar-refractivity contribution in [1.29, 1.82) is 0 Å². The van der Waals surface area contributed by atoms with Crippen LogP contribution in [0, 0.1) is 0 Å². The van der Waals surface area contributed by atoms with Crippen molar-refractivity contribution in [3.8, 4) is 5.75 Å². The molecule has 3 amide bonds. The molecule has 1 saturated heterocycles. The molecule has 154 valence electrons. The molecule has 0 aromatic heterocycles. The molecule has 1 saturated carbocycles. The molecule has 28 heavy (non-hydrogen) atoms. The molecule has 1 heterocycles. The predicted molar refractivity (Wildman–Crippen MR) is 110 cm³/mol. The van der Waals surface area contributed by atoms with Crippen molar-refractivity contribution in [3.63, 3.8) is 0 Å². The highest BCUT2D eigenvalue weighted by Crippen LogP contribution is 2.21. The van der Waals surface area contributed by atoms with Gasteiger partial charge in [-0.1, -0.05) is 19.3 Å². The van der Waals surface area contributed by atoms with Crippen LogP contribution in [-0.4, -0.2) is 62.2 Å². The fourth-order valence-electron chi connectivity index (χ4n) is 4.01. The first-order valence-electron chi connectivity index (χ1n) is 10.3. The van der Waals surface area contributed by atoms with Gasteiger partial charge >= 0.3 is 6.03 Å². The number of carbonyl (C=O) groups excluding carboxylic acids is 2. The maximum atomic E-state index is 12.5. The third kappa shape index (κ3) is 5.38. The molecule has 1 atom stereocenters. The van der Waals surface area contributed by atoms with E-state index in [9.17, 15) is 9.59 Å². The molecular weight excluding hydrogens is 356 g/mol. The van der Waals surface area contributed by atoms with Gasteiger partial charge < -0.3 is 15.0 Å². The summed E-state index contributed by atoms with van der Waals surface area (Å²) in [5, 5.41) is 5.46. The number of carbonyl (C=O) groups is 2. The Bertz CT molecular complexity index is 650. The van der Waals surface area contributed by atoms with Gasteiger partial charge in [0.05, 0.1) is 13.2 Å². The van der Waals surface area contributed by atoms with Crippen LogP contribution < -0.4 is 20.3 Å². The van der Waals surface area contributed by atoms with Crippen molar-refractivity contribution < 1.29 is 14.3 Å². The fraction of sp³-hybridized carbons (Fsp3) is 0.619. The Balaban J connectivity index is 1.43. The number of nitrogens with one attached hydrogen (secondary N) is 2. The van der Waals surface area contributed by atoms with Crippen LogP contribution in [-0.2, 0) is 4.79 Å². The first-order valence-corrected chi connectivity index (χ1v) is 10.3. The maximum absolute atomic E-state index is 12.5. The van der Waals surface area contributed by atoms with Gasteiger partial charge in [-0.2, -0.15) is 0 Å². The predicted octanol–water partition coefficient (Wildman–Crippen LogP) is 2.36. The van der Waals surface area contributed by atoms with Gasteiger partial charge in [0.1, 0.15) is 5.75 Å². The minimum atomic E-state index is -0.361. The van der Waals surface area contributed by atoms with Crippen molar-refractivity contribution in [2.24, 2.45) is 0 Å². The van der Waals surface area contributed by atoms with Crippen molar-refractivity contribution in [2.75, 3.05) is 38.2 Å². The number of benzene rings is 1. The number of amides is 3. The summed E-state index contributed by atoms with van der Waals surface area (Å²) in [5.41, 5.74) is 1.16. The zero-order valence-electron chi connectivity index (χ0n) is 16.9. The molecule has 3 rings (SSSR count). The Hall–Kier alpha value is -2.28. The van der Waals surface area contributed by atoms with E-state index in [0.717, 1.165) is 63.3 Å². The van der Waals surface area contributed by atoms with Crippen LogP contribution in [0.15, 0.2) is 24.3 Å². The SMILES string of the molecule is COc1ccc(N2CCN([C@@H](C)C(=O)NC(=O)NC3CCCCC3)CC2)cc1. The van der Waals surface area contributed by atoms with E-state index in [0.29, 0.717) is 0 Å². The number of rotatable bonds is 5. The van der Waals surface area contributed by atoms with Crippen molar-refractivity contribution >= 4 is 17.6 Å². The van der Waals surface area contributed by atoms with Gasteiger partial charge in [0.2, 0.25) is 5.91 Å². The standard InChI is InChI=1S/C21H32N4O3/c1-16(20(26)23-21(27)22-17-6-4-3-5-7-17)24-12-14-25(15-13-24)18-8-10-19(28-2)11-9-18/h8-11,16-17H,3-7,12-15H2,1-2H3,(H2,22,23,26,27)/t16-/m0/s1. The first kappa shape index (κ1) is 20.5. The second-order valence-electron chi connectivity index (χ2n) is 7.69. The topological polar surface area (TPSA) is 73.9 Å². The summed E-state index contributed by atoms with van der Waals surface area (Å²) >= 11 is 0. The molecule has 0 radical (unpaired) electrons. The van der Waals surface area contributed by atoms with Gasteiger partial charge in [0, 0.05) is 37.9 Å². The average molecular weight is 389 g/mol. The molecule has 1 aromatic carbocycles. The summed E-state index contributed by atoms with van der Waals surface area (Å²) < 4.78 is 5.21. The van der Waals surface area contributed by atoms with E-state index >= 15 is 0 Å². The van der Waals surface area contributed by atoms with E-state index in [1.807, 2.05) is 19.1 Å². The molecule has 1 aliphatic heterocycles. The largest absolute Gasteiger partial charge is 0.497 e. The number of hydrogen-bond acceptors (Lipinski definition) is 5. The number of imide groups is 1. The lowest BCUT2D eigenvalue weighted by molar-refractivity contribution is -0.124. The molecule has 1 aromatic rings. The van der Waals surface area contributed by atoms with E-state index in [1.165, 1.54) is 6.42 Å². The Labute approximate surface area is 167 Å². The van der Waals surface area contributed by atoms with Gasteiger partial charge in [0.15, 0.2) is 0 Å². The van der Waals surface area contributed by atoms with E-state index < -0.39 is 0 Å². The Morgan fingerprint density at radius 3 is 2.29 bits per heavy atom. The van der Waals surface area contributed by atoms with Crippen LogP contribution in [0.25, 0.3) is 0 Å². The number of nitrogens with zero attached hydrogens (tertiary/aromatic N) is 2. The van der Waals surface area contributed by atoms with Crippen LogP contribution in [0.1, 0.15) is 39.0 Å². The molecule has 2 N–H and O–H groups in total. The average Bonchev–Trinajstić information content (AvgIpc) is 2.74. The van der Waals surface area contributed by atoms with Crippen molar-refractivity contribution in [1.82, 2.24) is 15.5 Å². The Morgan fingerprint density at radius 2 is 1.68 bits per heavy atom. The first-order chi connectivity index (χ1) is 13.6. The number of methoxy groups -OCH3 is 1. The second-order valence-corrected chi connectivity index (χ2v) is 7.69. The van der Waals surface area contributed by atoms with E-state index in [-0.39, 0.29) is 24.0 Å². The lowest BCUT2D eigenvalue weighted by Crippen LogP contribution is -2.56. The molecule has 2 aliphatic rings. The molecule has 7 heteroatoms. The summed E-state index contributed by atoms with van der Waals surface area (Å²) in [6, 6.07) is 7.55. The normalized spacial score (nSPS) is 19.7. The van der Waals surface area contributed by atoms with Crippen LogP contribution >= 0.6 is 0 Å². The molecule has 1 aliphatic carbocycles. The number of hydrogen-bond donors (Lipinski definition) is 2. The summed E-state index contributed by atoms with van der Waals surface area (Å²) in [6.45, 7) is 5.12. The Kier molecular flexibility index (Phi) is 7.14. The monoisotopic (exact) mass is 388 g/mol. The van der Waals surface area contributed by atoms with E-state index in [2.05, 4.69) is 32.6 Å². The third-order valence-electron chi connectivity index (χ3n) is 5.86. The minimum absolute atomic E-state index is 0.199. The Morgan fingerprint density at radius 1 is 1.04 bits per heavy atom. The third-order valence-corrected chi connectivity index (χ3v) is 5.86. The van der Waals surface area contributed by atoms with Crippen LogP contribution in [0.4, 0.5) is 10.5 Å². The zero-order chi connectivity index (χ0) is 19.9. The van der Waals surface area contributed by atoms with Gasteiger partial charge in [-0.3, -0.25) is 15.0 Å². The number of anilines is 1. The highest BCUT2D eigenvalue weighted by molar-refractivity contribution is 5.96. The van der Waals surface area contributed by atoms with Gasteiger partial charge in [-0.15, -0.1) is 0 Å². The van der Waals surface area contributed by atoms with Crippen LogP contribution in [0.2, 0.25) is 0 Å². The molecule has 0 bridgehead atoms.